The molecule has 0 fully saturated rings. The van der Waals surface area contributed by atoms with Crippen molar-refractivity contribution in [3.05, 3.63) is 70.0 Å². The van der Waals surface area contributed by atoms with Crippen LogP contribution in [0.15, 0.2) is 54.5 Å². The lowest BCUT2D eigenvalue weighted by atomic mass is 10.0. The summed E-state index contributed by atoms with van der Waals surface area (Å²) in [4.78, 5) is 16.3. The van der Waals surface area contributed by atoms with Crippen molar-refractivity contribution in [2.24, 2.45) is 0 Å². The smallest absolute Gasteiger partial charge is 0.350 e. The fourth-order valence-corrected chi connectivity index (χ4v) is 3.25. The number of halogens is 1. The molecule has 0 amide bonds. The van der Waals surface area contributed by atoms with Gasteiger partial charge in [0.15, 0.2) is 5.13 Å². The number of benzene rings is 1. The predicted octanol–water partition coefficient (Wildman–Crippen LogP) is 4.92. The van der Waals surface area contributed by atoms with Crippen LogP contribution in [0.2, 0.25) is 5.02 Å². The van der Waals surface area contributed by atoms with Gasteiger partial charge in [0.2, 0.25) is 0 Å². The van der Waals surface area contributed by atoms with Crippen LogP contribution in [0.4, 0.5) is 10.8 Å². The van der Waals surface area contributed by atoms with E-state index in [9.17, 15) is 4.79 Å². The van der Waals surface area contributed by atoms with Crippen molar-refractivity contribution in [2.75, 3.05) is 17.2 Å². The normalized spacial score (nSPS) is 12.7. The Bertz CT molecular complexity index is 901. The van der Waals surface area contributed by atoms with Gasteiger partial charge in [0, 0.05) is 33.2 Å². The molecular weight excluding hydrogens is 358 g/mol. The van der Waals surface area contributed by atoms with Gasteiger partial charge in [-0.15, -0.1) is 0 Å². The highest BCUT2D eigenvalue weighted by Crippen LogP contribution is 2.34. The standard InChI is InChI=1S/C18H16ClN3O2S/c1-4-24-17(23)16-9-20-18(25-16)22-11(3)14-8-12-7-13(19)5-6-15(12)21-10(14)2/h5-9,21H,2-4H2,1H3,(H,20,22). The Labute approximate surface area is 154 Å². The predicted molar refractivity (Wildman–Crippen MR) is 103 cm³/mol. The monoisotopic (exact) mass is 373 g/mol. The Hall–Kier alpha value is -2.57. The van der Waals surface area contributed by atoms with Crippen LogP contribution in [0.1, 0.15) is 22.2 Å². The maximum Gasteiger partial charge on any atom is 0.350 e. The summed E-state index contributed by atoms with van der Waals surface area (Å²) in [5.41, 5.74) is 4.03. The van der Waals surface area contributed by atoms with Crippen molar-refractivity contribution >= 4 is 45.8 Å². The SMILES string of the molecule is C=C(Nc1ncc(C(=O)OCC)s1)C1=Cc2cc(Cl)ccc2NC1=C. The molecule has 1 aromatic heterocycles. The van der Waals surface area contributed by atoms with E-state index in [1.807, 2.05) is 24.3 Å². The fourth-order valence-electron chi connectivity index (χ4n) is 2.33. The lowest BCUT2D eigenvalue weighted by Crippen LogP contribution is -2.12. The number of carbonyl (C=O) groups is 1. The zero-order chi connectivity index (χ0) is 18.0. The van der Waals surface area contributed by atoms with E-state index in [2.05, 4.69) is 28.8 Å². The van der Waals surface area contributed by atoms with Gasteiger partial charge in [0.05, 0.1) is 12.8 Å². The summed E-state index contributed by atoms with van der Waals surface area (Å²) in [6.07, 6.45) is 3.44. The largest absolute Gasteiger partial charge is 0.462 e. The van der Waals surface area contributed by atoms with Crippen molar-refractivity contribution in [1.29, 1.82) is 0 Å². The van der Waals surface area contributed by atoms with Gasteiger partial charge in [-0.25, -0.2) is 9.78 Å². The molecule has 0 unspecified atom stereocenters. The van der Waals surface area contributed by atoms with Crippen LogP contribution in [0.3, 0.4) is 0 Å². The van der Waals surface area contributed by atoms with Crippen molar-refractivity contribution in [2.45, 2.75) is 6.92 Å². The maximum absolute atomic E-state index is 11.7. The molecule has 0 bridgehead atoms. The maximum atomic E-state index is 11.7. The summed E-state index contributed by atoms with van der Waals surface area (Å²) in [5, 5.41) is 7.55. The van der Waals surface area contributed by atoms with Crippen LogP contribution < -0.4 is 10.6 Å². The van der Waals surface area contributed by atoms with Crippen molar-refractivity contribution in [3.63, 3.8) is 0 Å². The van der Waals surface area contributed by atoms with E-state index in [0.717, 1.165) is 22.5 Å². The highest BCUT2D eigenvalue weighted by Gasteiger charge is 2.17. The van der Waals surface area contributed by atoms with Crippen molar-refractivity contribution in [1.82, 2.24) is 4.98 Å². The summed E-state index contributed by atoms with van der Waals surface area (Å²) >= 11 is 7.27. The zero-order valence-electron chi connectivity index (χ0n) is 13.6. The van der Waals surface area contributed by atoms with Crippen molar-refractivity contribution < 1.29 is 9.53 Å². The number of nitrogens with one attached hydrogen (secondary N) is 2. The van der Waals surface area contributed by atoms with Crippen LogP contribution in [-0.4, -0.2) is 17.6 Å². The number of hydrogen-bond acceptors (Lipinski definition) is 6. The molecule has 7 heteroatoms. The average molecular weight is 374 g/mol. The molecule has 1 aliphatic rings. The number of anilines is 2. The number of fused-ring (bicyclic) bond motifs is 1. The Morgan fingerprint density at radius 2 is 2.28 bits per heavy atom. The minimum Gasteiger partial charge on any atom is -0.462 e. The number of rotatable bonds is 5. The van der Waals surface area contributed by atoms with Crippen LogP contribution in [0.25, 0.3) is 6.08 Å². The molecule has 0 saturated heterocycles. The first-order valence-electron chi connectivity index (χ1n) is 7.54. The number of aromatic nitrogens is 1. The third kappa shape index (κ3) is 3.75. The van der Waals surface area contributed by atoms with E-state index < -0.39 is 0 Å². The van der Waals surface area contributed by atoms with Gasteiger partial charge in [-0.3, -0.25) is 0 Å². The van der Waals surface area contributed by atoms with Crippen LogP contribution in [-0.2, 0) is 4.74 Å². The molecule has 25 heavy (non-hydrogen) atoms. The van der Waals surface area contributed by atoms with E-state index >= 15 is 0 Å². The van der Waals surface area contributed by atoms with Gasteiger partial charge in [-0.2, -0.15) is 0 Å². The molecule has 5 nitrogen and oxygen atoms in total. The van der Waals surface area contributed by atoms with Gasteiger partial charge in [-0.05, 0) is 31.2 Å². The second-order valence-electron chi connectivity index (χ2n) is 5.25. The molecule has 0 atom stereocenters. The van der Waals surface area contributed by atoms with E-state index in [0.29, 0.717) is 27.3 Å². The lowest BCUT2D eigenvalue weighted by Gasteiger charge is -2.22. The molecule has 2 heterocycles. The summed E-state index contributed by atoms with van der Waals surface area (Å²) in [6.45, 7) is 10.2. The number of hydrogen-bond donors (Lipinski definition) is 2. The zero-order valence-corrected chi connectivity index (χ0v) is 15.1. The Balaban J connectivity index is 1.79. The summed E-state index contributed by atoms with van der Waals surface area (Å²) in [7, 11) is 0. The topological polar surface area (TPSA) is 63.2 Å². The molecule has 2 N–H and O–H groups in total. The first-order valence-corrected chi connectivity index (χ1v) is 8.74. The molecule has 128 valence electrons. The van der Waals surface area contributed by atoms with Gasteiger partial charge in [0.1, 0.15) is 4.88 Å². The number of carbonyl (C=O) groups excluding carboxylic acids is 1. The number of ether oxygens (including phenoxy) is 1. The van der Waals surface area contributed by atoms with E-state index in [-0.39, 0.29) is 5.97 Å². The summed E-state index contributed by atoms with van der Waals surface area (Å²) in [6, 6.07) is 5.59. The van der Waals surface area contributed by atoms with Crippen LogP contribution in [0.5, 0.6) is 0 Å². The second kappa shape index (κ2) is 7.13. The molecule has 2 aromatic rings. The fraction of sp³-hybridized carbons (Fsp3) is 0.111. The molecule has 0 radical (unpaired) electrons. The minimum absolute atomic E-state index is 0.326. The first-order chi connectivity index (χ1) is 12.0. The first kappa shape index (κ1) is 17.3. The number of thiazole rings is 1. The van der Waals surface area contributed by atoms with Crippen LogP contribution in [0, 0.1) is 0 Å². The Morgan fingerprint density at radius 1 is 1.48 bits per heavy atom. The molecule has 0 aliphatic carbocycles. The lowest BCUT2D eigenvalue weighted by molar-refractivity contribution is 0.0532. The van der Waals surface area contributed by atoms with E-state index in [1.165, 1.54) is 17.5 Å². The second-order valence-corrected chi connectivity index (χ2v) is 6.71. The van der Waals surface area contributed by atoms with E-state index in [1.54, 1.807) is 6.92 Å². The Kier molecular flexibility index (Phi) is 4.92. The molecule has 3 rings (SSSR count). The van der Waals surface area contributed by atoms with Gasteiger partial charge >= 0.3 is 5.97 Å². The van der Waals surface area contributed by atoms with Gasteiger partial charge < -0.3 is 15.4 Å². The number of esters is 1. The van der Waals surface area contributed by atoms with Gasteiger partial charge in [-0.1, -0.05) is 36.1 Å². The molecule has 1 aromatic carbocycles. The summed E-state index contributed by atoms with van der Waals surface area (Å²) < 4.78 is 4.96. The third-order valence-corrected chi connectivity index (χ3v) is 4.62. The molecule has 0 spiro atoms. The average Bonchev–Trinajstić information content (AvgIpc) is 3.03. The quantitative estimate of drug-likeness (QED) is 0.728. The highest BCUT2D eigenvalue weighted by molar-refractivity contribution is 7.17. The van der Waals surface area contributed by atoms with Crippen LogP contribution >= 0.6 is 22.9 Å². The molecular formula is C18H16ClN3O2S. The number of nitrogens with zero attached hydrogens (tertiary/aromatic N) is 1. The van der Waals surface area contributed by atoms with E-state index in [4.69, 9.17) is 16.3 Å². The Morgan fingerprint density at radius 3 is 3.04 bits per heavy atom. The minimum atomic E-state index is -0.384. The van der Waals surface area contributed by atoms with Crippen molar-refractivity contribution in [3.8, 4) is 0 Å². The highest BCUT2D eigenvalue weighted by atomic mass is 35.5. The third-order valence-electron chi connectivity index (χ3n) is 3.49. The molecule has 0 saturated carbocycles. The van der Waals surface area contributed by atoms with Gasteiger partial charge in [0.25, 0.3) is 0 Å². The summed E-state index contributed by atoms with van der Waals surface area (Å²) in [5.74, 6) is -0.384. The molecule has 1 aliphatic heterocycles.